The van der Waals surface area contributed by atoms with Gasteiger partial charge < -0.3 is 4.74 Å². The zero-order valence-electron chi connectivity index (χ0n) is 7.65. The van der Waals surface area contributed by atoms with E-state index in [4.69, 9.17) is 4.74 Å². The van der Waals surface area contributed by atoms with Gasteiger partial charge in [-0.15, -0.1) is 5.92 Å². The van der Waals surface area contributed by atoms with Crippen LogP contribution in [0, 0.1) is 11.8 Å². The van der Waals surface area contributed by atoms with E-state index in [1.54, 1.807) is 6.92 Å². The Labute approximate surface area is 80.8 Å². The van der Waals surface area contributed by atoms with E-state index < -0.39 is 0 Å². The molecule has 0 N–H and O–H groups in total. The van der Waals surface area contributed by atoms with E-state index in [1.165, 1.54) is 0 Å². The summed E-state index contributed by atoms with van der Waals surface area (Å²) in [5.74, 6) is 6.19. The molecule has 1 heterocycles. The zero-order valence-corrected chi connectivity index (χ0v) is 7.65. The predicted molar refractivity (Wildman–Crippen MR) is 50.7 cm³/mol. The maximum atomic E-state index is 5.38. The van der Waals surface area contributed by atoms with Crippen LogP contribution in [0.15, 0.2) is 22.8 Å². The highest BCUT2D eigenvalue weighted by Crippen LogP contribution is 2.21. The van der Waals surface area contributed by atoms with Gasteiger partial charge in [0.25, 0.3) is 0 Å². The van der Waals surface area contributed by atoms with E-state index in [-0.39, 0.29) is 0 Å². The summed E-state index contributed by atoms with van der Waals surface area (Å²) in [5.41, 5.74) is 1.32. The van der Waals surface area contributed by atoms with E-state index >= 15 is 0 Å². The molecule has 0 aliphatic carbocycles. The van der Waals surface area contributed by atoms with Crippen LogP contribution in [-0.4, -0.2) is 16.9 Å². The van der Waals surface area contributed by atoms with Gasteiger partial charge in [-0.05, 0) is 29.4 Å². The fraction of sp³-hybridized carbons (Fsp3) is 0.200. The lowest BCUT2D eigenvalue weighted by molar-refractivity contribution is 0.312. The highest BCUT2D eigenvalue weighted by atomic mass is 16.6. The number of hydrogen-bond acceptors (Lipinski definition) is 4. The molecule has 0 radical (unpaired) electrons. The highest BCUT2D eigenvalue weighted by molar-refractivity contribution is 5.79. The summed E-state index contributed by atoms with van der Waals surface area (Å²) >= 11 is 0. The summed E-state index contributed by atoms with van der Waals surface area (Å²) in [5, 5.41) is 7.44. The molecule has 0 amide bonds. The lowest BCUT2D eigenvalue weighted by Crippen LogP contribution is -1.94. The number of fused-ring (bicyclic) bond motifs is 1. The Kier molecular flexibility index (Phi) is 2.32. The average Bonchev–Trinajstić information content (AvgIpc) is 2.67. The summed E-state index contributed by atoms with van der Waals surface area (Å²) < 4.78 is 9.98. The van der Waals surface area contributed by atoms with Crippen molar-refractivity contribution in [2.24, 2.45) is 0 Å². The third-order valence-corrected chi connectivity index (χ3v) is 1.73. The van der Waals surface area contributed by atoms with E-state index in [0.717, 1.165) is 0 Å². The van der Waals surface area contributed by atoms with Crippen LogP contribution in [-0.2, 0) is 0 Å². The first-order valence-electron chi connectivity index (χ1n) is 4.15. The number of nitrogens with zero attached hydrogens (tertiary/aromatic N) is 2. The van der Waals surface area contributed by atoms with Gasteiger partial charge in [0.2, 0.25) is 0 Å². The van der Waals surface area contributed by atoms with Gasteiger partial charge in [-0.2, -0.15) is 0 Å². The molecule has 2 rings (SSSR count). The van der Waals surface area contributed by atoms with Gasteiger partial charge >= 0.3 is 0 Å². The van der Waals surface area contributed by atoms with Gasteiger partial charge in [0.05, 0.1) is 0 Å². The first-order chi connectivity index (χ1) is 6.92. The fourth-order valence-electron chi connectivity index (χ4n) is 1.08. The third kappa shape index (κ3) is 1.52. The largest absolute Gasteiger partial charge is 0.478 e. The Morgan fingerprint density at radius 1 is 1.43 bits per heavy atom. The lowest BCUT2D eigenvalue weighted by Gasteiger charge is -1.99. The van der Waals surface area contributed by atoms with Crippen LogP contribution < -0.4 is 4.74 Å². The standard InChI is InChI=1S/C10H8N2O2/c1-2-3-7-13-9-6-4-5-8-10(9)12-14-11-8/h4-6H,7H2,1H3. The van der Waals surface area contributed by atoms with Crippen molar-refractivity contribution in [1.82, 2.24) is 10.3 Å². The van der Waals surface area contributed by atoms with Crippen LogP contribution in [0.25, 0.3) is 11.0 Å². The Bertz CT molecular complexity index is 493. The lowest BCUT2D eigenvalue weighted by atomic mass is 10.3. The molecule has 0 aliphatic rings. The minimum atomic E-state index is 0.350. The molecule has 4 nitrogen and oxygen atoms in total. The second kappa shape index (κ2) is 3.79. The number of rotatable bonds is 2. The third-order valence-electron chi connectivity index (χ3n) is 1.73. The van der Waals surface area contributed by atoms with Crippen LogP contribution in [0.2, 0.25) is 0 Å². The predicted octanol–water partition coefficient (Wildman–Crippen LogP) is 1.62. The Morgan fingerprint density at radius 2 is 2.36 bits per heavy atom. The molecule has 0 aliphatic heterocycles. The summed E-state index contributed by atoms with van der Waals surface area (Å²) in [6.07, 6.45) is 0. The van der Waals surface area contributed by atoms with Crippen LogP contribution in [0.3, 0.4) is 0 Å². The molecule has 0 saturated carbocycles. The van der Waals surface area contributed by atoms with E-state index in [1.807, 2.05) is 18.2 Å². The van der Waals surface area contributed by atoms with Crippen molar-refractivity contribution in [3.63, 3.8) is 0 Å². The molecule has 1 aromatic carbocycles. The normalized spacial score (nSPS) is 9.50. The Morgan fingerprint density at radius 3 is 3.21 bits per heavy atom. The summed E-state index contributed by atoms with van der Waals surface area (Å²) in [7, 11) is 0. The molecule has 2 aromatic rings. The molecule has 0 spiro atoms. The van der Waals surface area contributed by atoms with Gasteiger partial charge in [0.1, 0.15) is 12.1 Å². The molecule has 0 unspecified atom stereocenters. The van der Waals surface area contributed by atoms with Crippen LogP contribution in [0.5, 0.6) is 5.75 Å². The molecule has 0 bridgehead atoms. The monoisotopic (exact) mass is 188 g/mol. The van der Waals surface area contributed by atoms with E-state index in [0.29, 0.717) is 23.4 Å². The van der Waals surface area contributed by atoms with Crippen molar-refractivity contribution in [2.45, 2.75) is 6.92 Å². The van der Waals surface area contributed by atoms with Gasteiger partial charge in [-0.1, -0.05) is 12.0 Å². The molecular weight excluding hydrogens is 180 g/mol. The SMILES string of the molecule is CC#CCOc1cccc2nonc12. The average molecular weight is 188 g/mol. The summed E-state index contributed by atoms with van der Waals surface area (Å²) in [4.78, 5) is 0. The molecule has 14 heavy (non-hydrogen) atoms. The molecule has 4 heteroatoms. The molecular formula is C10H8N2O2. The maximum Gasteiger partial charge on any atom is 0.177 e. The van der Waals surface area contributed by atoms with Gasteiger partial charge in [0, 0.05) is 0 Å². The van der Waals surface area contributed by atoms with Gasteiger partial charge in [-0.25, -0.2) is 4.63 Å². The number of ether oxygens (including phenoxy) is 1. The van der Waals surface area contributed by atoms with Gasteiger partial charge in [-0.3, -0.25) is 0 Å². The molecule has 0 fully saturated rings. The molecule has 1 aromatic heterocycles. The topological polar surface area (TPSA) is 48.2 Å². The molecule has 0 saturated heterocycles. The van der Waals surface area contributed by atoms with E-state index in [9.17, 15) is 0 Å². The van der Waals surface area contributed by atoms with Gasteiger partial charge in [0.15, 0.2) is 11.3 Å². The zero-order chi connectivity index (χ0) is 9.80. The Hall–Kier alpha value is -2.02. The second-order valence-electron chi connectivity index (χ2n) is 2.60. The van der Waals surface area contributed by atoms with Crippen LogP contribution in [0.1, 0.15) is 6.92 Å². The van der Waals surface area contributed by atoms with Crippen molar-refractivity contribution in [2.75, 3.05) is 6.61 Å². The number of benzene rings is 1. The minimum absolute atomic E-state index is 0.350. The van der Waals surface area contributed by atoms with Crippen molar-refractivity contribution in [1.29, 1.82) is 0 Å². The number of aromatic nitrogens is 2. The van der Waals surface area contributed by atoms with Crippen molar-refractivity contribution >= 4 is 11.0 Å². The molecule has 70 valence electrons. The summed E-state index contributed by atoms with van der Waals surface area (Å²) in [6, 6.07) is 5.45. The quantitative estimate of drug-likeness (QED) is 0.672. The van der Waals surface area contributed by atoms with Crippen molar-refractivity contribution < 1.29 is 9.37 Å². The summed E-state index contributed by atoms with van der Waals surface area (Å²) in [6.45, 7) is 2.12. The smallest absolute Gasteiger partial charge is 0.177 e. The van der Waals surface area contributed by atoms with Crippen LogP contribution in [0.4, 0.5) is 0 Å². The number of hydrogen-bond donors (Lipinski definition) is 0. The maximum absolute atomic E-state index is 5.38. The Balaban J connectivity index is 2.30. The minimum Gasteiger partial charge on any atom is -0.478 e. The second-order valence-corrected chi connectivity index (χ2v) is 2.60. The first kappa shape index (κ1) is 8.57. The van der Waals surface area contributed by atoms with E-state index in [2.05, 4.69) is 26.8 Å². The fourth-order valence-corrected chi connectivity index (χ4v) is 1.08. The van der Waals surface area contributed by atoms with Crippen molar-refractivity contribution in [3.8, 4) is 17.6 Å². The highest BCUT2D eigenvalue weighted by Gasteiger charge is 2.05. The first-order valence-corrected chi connectivity index (χ1v) is 4.15. The van der Waals surface area contributed by atoms with Crippen LogP contribution >= 0.6 is 0 Å². The molecule has 0 atom stereocenters. The van der Waals surface area contributed by atoms with Crippen molar-refractivity contribution in [3.05, 3.63) is 18.2 Å².